The van der Waals surface area contributed by atoms with E-state index in [2.05, 4.69) is 66.7 Å². The topological polar surface area (TPSA) is 0 Å². The Morgan fingerprint density at radius 2 is 1.33 bits per heavy atom. The first-order chi connectivity index (χ1) is 6.62. The van der Waals surface area contributed by atoms with Gasteiger partial charge >= 0.3 is 0 Å². The van der Waals surface area contributed by atoms with E-state index in [9.17, 15) is 0 Å². The third kappa shape index (κ3) is 2.84. The minimum atomic E-state index is 0.250. The molecule has 1 rings (SSSR count). The fourth-order valence-electron chi connectivity index (χ4n) is 1.97. The van der Waals surface area contributed by atoms with Crippen LogP contribution < -0.4 is 0 Å². The van der Waals surface area contributed by atoms with E-state index >= 15 is 0 Å². The maximum Gasteiger partial charge on any atom is -0.0129 e. The van der Waals surface area contributed by atoms with Gasteiger partial charge in [-0.3, -0.25) is 0 Å². The summed E-state index contributed by atoms with van der Waals surface area (Å²) in [5, 5.41) is 0. The van der Waals surface area contributed by atoms with Gasteiger partial charge in [0.2, 0.25) is 0 Å². The molecule has 0 N–H and O–H groups in total. The van der Waals surface area contributed by atoms with Crippen molar-refractivity contribution in [3.63, 3.8) is 0 Å². The van der Waals surface area contributed by atoms with E-state index in [1.54, 1.807) is 0 Å². The maximum absolute atomic E-state index is 2.33. The Kier molecular flexibility index (Phi) is 3.00. The Hall–Kier alpha value is -0.780. The highest BCUT2D eigenvalue weighted by Crippen LogP contribution is 2.30. The van der Waals surface area contributed by atoms with Crippen molar-refractivity contribution in [3.05, 3.63) is 34.9 Å². The van der Waals surface area contributed by atoms with Crippen molar-refractivity contribution in [2.24, 2.45) is 0 Å². The molecule has 0 fully saturated rings. The normalized spacial score (nSPS) is 13.0. The van der Waals surface area contributed by atoms with Crippen LogP contribution in [0.25, 0.3) is 0 Å². The first kappa shape index (κ1) is 12.3. The lowest BCUT2D eigenvalue weighted by Crippen LogP contribution is -2.16. The molecular weight excluding hydrogens is 180 g/mol. The molecule has 0 aromatic heterocycles. The predicted octanol–water partition coefficient (Wildman–Crippen LogP) is 4.59. The number of benzene rings is 1. The fourth-order valence-corrected chi connectivity index (χ4v) is 1.97. The third-order valence-corrected chi connectivity index (χ3v) is 2.90. The number of rotatable bonds is 0. The number of hydrogen-bond donors (Lipinski definition) is 0. The van der Waals surface area contributed by atoms with E-state index in [-0.39, 0.29) is 10.8 Å². The van der Waals surface area contributed by atoms with Crippen molar-refractivity contribution in [1.82, 2.24) is 0 Å². The van der Waals surface area contributed by atoms with Crippen molar-refractivity contribution in [3.8, 4) is 0 Å². The summed E-state index contributed by atoms with van der Waals surface area (Å²) >= 11 is 0. The zero-order chi connectivity index (χ0) is 11.9. The molecule has 84 valence electrons. The summed E-state index contributed by atoms with van der Waals surface area (Å²) in [5.74, 6) is 0. The molecule has 0 unspecified atom stereocenters. The molecule has 0 spiro atoms. The zero-order valence-corrected chi connectivity index (χ0v) is 11.2. The molecule has 0 radical (unpaired) electrons. The van der Waals surface area contributed by atoms with Gasteiger partial charge in [-0.2, -0.15) is 0 Å². The van der Waals surface area contributed by atoms with Crippen LogP contribution in [0.3, 0.4) is 0 Å². The standard InChI is InChI=1S/C15H24/c1-11-10-12(14(2,3)4)8-9-13(11)15(5,6)7/h8-10H,1-7H3. The molecule has 0 saturated carbocycles. The summed E-state index contributed by atoms with van der Waals surface area (Å²) in [6, 6.07) is 6.89. The lowest BCUT2D eigenvalue weighted by atomic mass is 9.80. The first-order valence-corrected chi connectivity index (χ1v) is 5.74. The van der Waals surface area contributed by atoms with E-state index < -0.39 is 0 Å². The largest absolute Gasteiger partial charge is 0.0582 e. The molecule has 0 heteroatoms. The quantitative estimate of drug-likeness (QED) is 0.580. The maximum atomic E-state index is 2.33. The van der Waals surface area contributed by atoms with Crippen LogP contribution in [0.4, 0.5) is 0 Å². The van der Waals surface area contributed by atoms with Crippen molar-refractivity contribution < 1.29 is 0 Å². The van der Waals surface area contributed by atoms with Crippen molar-refractivity contribution in [1.29, 1.82) is 0 Å². The molecular formula is C15H24. The van der Waals surface area contributed by atoms with Crippen LogP contribution in [-0.4, -0.2) is 0 Å². The van der Waals surface area contributed by atoms with Crippen molar-refractivity contribution in [2.45, 2.75) is 59.3 Å². The SMILES string of the molecule is Cc1cc(C(C)(C)C)ccc1C(C)(C)C. The molecule has 0 amide bonds. The average molecular weight is 204 g/mol. The van der Waals surface area contributed by atoms with Crippen LogP contribution in [0.2, 0.25) is 0 Å². The van der Waals surface area contributed by atoms with Gasteiger partial charge in [0.05, 0.1) is 0 Å². The van der Waals surface area contributed by atoms with E-state index in [1.807, 2.05) is 0 Å². The molecule has 0 saturated heterocycles. The van der Waals surface area contributed by atoms with Gasteiger partial charge in [-0.25, -0.2) is 0 Å². The highest BCUT2D eigenvalue weighted by atomic mass is 14.2. The third-order valence-electron chi connectivity index (χ3n) is 2.90. The van der Waals surface area contributed by atoms with Gasteiger partial charge in [-0.15, -0.1) is 0 Å². The summed E-state index contributed by atoms with van der Waals surface area (Å²) in [4.78, 5) is 0. The van der Waals surface area contributed by atoms with E-state index in [4.69, 9.17) is 0 Å². The molecule has 0 aliphatic heterocycles. The van der Waals surface area contributed by atoms with E-state index in [0.717, 1.165) is 0 Å². The van der Waals surface area contributed by atoms with Gasteiger partial charge in [-0.1, -0.05) is 59.7 Å². The van der Waals surface area contributed by atoms with E-state index in [1.165, 1.54) is 16.7 Å². The molecule has 0 heterocycles. The van der Waals surface area contributed by atoms with Gasteiger partial charge in [-0.05, 0) is 34.4 Å². The van der Waals surface area contributed by atoms with Crippen molar-refractivity contribution in [2.75, 3.05) is 0 Å². The monoisotopic (exact) mass is 204 g/mol. The Labute approximate surface area is 94.7 Å². The summed E-state index contributed by atoms with van der Waals surface area (Å²) in [7, 11) is 0. The van der Waals surface area contributed by atoms with Gasteiger partial charge in [0, 0.05) is 0 Å². The highest BCUT2D eigenvalue weighted by Gasteiger charge is 2.19. The van der Waals surface area contributed by atoms with Crippen LogP contribution in [0, 0.1) is 6.92 Å². The van der Waals surface area contributed by atoms with Crippen LogP contribution in [-0.2, 0) is 10.8 Å². The minimum Gasteiger partial charge on any atom is -0.0582 e. The fraction of sp³-hybridized carbons (Fsp3) is 0.600. The molecule has 0 bridgehead atoms. The highest BCUT2D eigenvalue weighted by molar-refractivity contribution is 5.37. The Bertz CT molecular complexity index is 345. The summed E-state index contributed by atoms with van der Waals surface area (Å²) in [6.07, 6.45) is 0. The Morgan fingerprint density at radius 1 is 0.800 bits per heavy atom. The second-order valence-corrected chi connectivity index (χ2v) is 6.53. The molecule has 0 atom stereocenters. The van der Waals surface area contributed by atoms with Crippen molar-refractivity contribution >= 4 is 0 Å². The van der Waals surface area contributed by atoms with Gasteiger partial charge in [0.15, 0.2) is 0 Å². The summed E-state index contributed by atoms with van der Waals surface area (Å²) < 4.78 is 0. The summed E-state index contributed by atoms with van der Waals surface area (Å²) in [6.45, 7) is 15.8. The smallest absolute Gasteiger partial charge is 0.0129 e. The van der Waals surface area contributed by atoms with Crippen LogP contribution in [0.5, 0.6) is 0 Å². The van der Waals surface area contributed by atoms with Crippen LogP contribution in [0.1, 0.15) is 58.2 Å². The van der Waals surface area contributed by atoms with Gasteiger partial charge in [0.25, 0.3) is 0 Å². The average Bonchev–Trinajstić information content (AvgIpc) is 1.99. The minimum absolute atomic E-state index is 0.250. The lowest BCUT2D eigenvalue weighted by Gasteiger charge is -2.25. The molecule has 1 aromatic carbocycles. The molecule has 0 aliphatic rings. The van der Waals surface area contributed by atoms with Crippen LogP contribution in [0.15, 0.2) is 18.2 Å². The second kappa shape index (κ2) is 3.66. The second-order valence-electron chi connectivity index (χ2n) is 6.53. The lowest BCUT2D eigenvalue weighted by molar-refractivity contribution is 0.573. The first-order valence-electron chi connectivity index (χ1n) is 5.74. The van der Waals surface area contributed by atoms with E-state index in [0.29, 0.717) is 0 Å². The molecule has 0 aliphatic carbocycles. The predicted molar refractivity (Wildman–Crippen MR) is 68.6 cm³/mol. The zero-order valence-electron chi connectivity index (χ0n) is 11.2. The molecule has 1 aromatic rings. The molecule has 0 nitrogen and oxygen atoms in total. The van der Waals surface area contributed by atoms with Gasteiger partial charge < -0.3 is 0 Å². The van der Waals surface area contributed by atoms with Gasteiger partial charge in [0.1, 0.15) is 0 Å². The summed E-state index contributed by atoms with van der Waals surface area (Å²) in [5.41, 5.74) is 4.79. The van der Waals surface area contributed by atoms with Crippen LogP contribution >= 0.6 is 0 Å². The number of hydrogen-bond acceptors (Lipinski definition) is 0. The Balaban J connectivity index is 3.21. The number of aryl methyl sites for hydroxylation is 1. The molecule has 15 heavy (non-hydrogen) atoms. The Morgan fingerprint density at radius 3 is 1.67 bits per heavy atom.